The van der Waals surface area contributed by atoms with Crippen LogP contribution in [-0.2, 0) is 0 Å². The molecule has 0 fully saturated rings. The van der Waals surface area contributed by atoms with Gasteiger partial charge < -0.3 is 10.5 Å². The standard InChI is InChI=1S/C12H12IN3O/c1-7-4-11(8(2)3-10(7)14)17-12-9(13)5-15-6-16-12/h3-6H,14H2,1-2H3. The van der Waals surface area contributed by atoms with Crippen LogP contribution in [0.5, 0.6) is 11.6 Å². The molecule has 1 aromatic heterocycles. The summed E-state index contributed by atoms with van der Waals surface area (Å²) in [5.74, 6) is 1.33. The first-order valence-corrected chi connectivity index (χ1v) is 6.16. The van der Waals surface area contributed by atoms with Gasteiger partial charge in [0, 0.05) is 11.9 Å². The molecular formula is C12H12IN3O. The highest BCUT2D eigenvalue weighted by Gasteiger charge is 2.08. The van der Waals surface area contributed by atoms with Gasteiger partial charge in [-0.2, -0.15) is 0 Å². The number of nitrogen functional groups attached to an aromatic ring is 1. The Hall–Kier alpha value is -1.37. The fourth-order valence-electron chi connectivity index (χ4n) is 1.40. The molecule has 0 amide bonds. The van der Waals surface area contributed by atoms with Crippen LogP contribution in [-0.4, -0.2) is 9.97 Å². The van der Waals surface area contributed by atoms with E-state index >= 15 is 0 Å². The molecule has 0 aliphatic rings. The predicted molar refractivity (Wildman–Crippen MR) is 75.2 cm³/mol. The fraction of sp³-hybridized carbons (Fsp3) is 0.167. The van der Waals surface area contributed by atoms with Gasteiger partial charge in [0.2, 0.25) is 5.88 Å². The average molecular weight is 341 g/mol. The van der Waals surface area contributed by atoms with Gasteiger partial charge in [-0.05, 0) is 59.7 Å². The van der Waals surface area contributed by atoms with E-state index in [1.165, 1.54) is 6.33 Å². The third-order valence-corrected chi connectivity index (χ3v) is 3.14. The molecule has 5 heteroatoms. The molecule has 0 aliphatic heterocycles. The smallest absolute Gasteiger partial charge is 0.235 e. The van der Waals surface area contributed by atoms with Crippen LogP contribution in [0.2, 0.25) is 0 Å². The molecule has 1 aromatic carbocycles. The lowest BCUT2D eigenvalue weighted by Gasteiger charge is -2.11. The second-order valence-electron chi connectivity index (χ2n) is 3.75. The van der Waals surface area contributed by atoms with Gasteiger partial charge in [0.1, 0.15) is 12.1 Å². The van der Waals surface area contributed by atoms with E-state index in [1.54, 1.807) is 6.20 Å². The zero-order valence-corrected chi connectivity index (χ0v) is 11.7. The summed E-state index contributed by atoms with van der Waals surface area (Å²) >= 11 is 2.14. The van der Waals surface area contributed by atoms with E-state index in [9.17, 15) is 0 Å². The second-order valence-corrected chi connectivity index (χ2v) is 4.91. The Kier molecular flexibility index (Phi) is 3.46. The van der Waals surface area contributed by atoms with Crippen LogP contribution in [0.15, 0.2) is 24.7 Å². The summed E-state index contributed by atoms with van der Waals surface area (Å²) in [7, 11) is 0. The minimum Gasteiger partial charge on any atom is -0.438 e. The van der Waals surface area contributed by atoms with Crippen molar-refractivity contribution in [3.05, 3.63) is 39.4 Å². The van der Waals surface area contributed by atoms with E-state index < -0.39 is 0 Å². The second kappa shape index (κ2) is 4.87. The third-order valence-electron chi connectivity index (χ3n) is 2.40. The van der Waals surface area contributed by atoms with Gasteiger partial charge in [0.25, 0.3) is 0 Å². The van der Waals surface area contributed by atoms with Gasteiger partial charge in [0.15, 0.2) is 0 Å². The lowest BCUT2D eigenvalue weighted by Crippen LogP contribution is -1.96. The summed E-state index contributed by atoms with van der Waals surface area (Å²) in [6.07, 6.45) is 3.18. The van der Waals surface area contributed by atoms with Gasteiger partial charge in [-0.15, -0.1) is 0 Å². The zero-order chi connectivity index (χ0) is 12.4. The van der Waals surface area contributed by atoms with Crippen LogP contribution < -0.4 is 10.5 Å². The number of aromatic nitrogens is 2. The topological polar surface area (TPSA) is 61.0 Å². The van der Waals surface area contributed by atoms with Crippen LogP contribution in [0.3, 0.4) is 0 Å². The number of aryl methyl sites for hydroxylation is 2. The molecular weight excluding hydrogens is 329 g/mol. The largest absolute Gasteiger partial charge is 0.438 e. The number of ether oxygens (including phenoxy) is 1. The van der Waals surface area contributed by atoms with Crippen molar-refractivity contribution in [3.8, 4) is 11.6 Å². The molecule has 0 spiro atoms. The van der Waals surface area contributed by atoms with Gasteiger partial charge in [-0.3, -0.25) is 0 Å². The van der Waals surface area contributed by atoms with Crippen LogP contribution in [0, 0.1) is 17.4 Å². The normalized spacial score (nSPS) is 10.3. The Morgan fingerprint density at radius 3 is 2.71 bits per heavy atom. The van der Waals surface area contributed by atoms with Crippen LogP contribution in [0.1, 0.15) is 11.1 Å². The van der Waals surface area contributed by atoms with Crippen LogP contribution in [0.25, 0.3) is 0 Å². The molecule has 88 valence electrons. The number of anilines is 1. The van der Waals surface area contributed by atoms with Crippen LogP contribution >= 0.6 is 22.6 Å². The highest BCUT2D eigenvalue weighted by atomic mass is 127. The first kappa shape index (κ1) is 12.1. The number of nitrogens with two attached hydrogens (primary N) is 1. The molecule has 2 rings (SSSR count). The zero-order valence-electron chi connectivity index (χ0n) is 9.57. The fourth-order valence-corrected chi connectivity index (χ4v) is 1.81. The maximum absolute atomic E-state index is 5.83. The number of rotatable bonds is 2. The number of halogens is 1. The Bertz CT molecular complexity index is 557. The molecule has 0 aliphatic carbocycles. The van der Waals surface area contributed by atoms with Gasteiger partial charge in [-0.1, -0.05) is 0 Å². The van der Waals surface area contributed by atoms with Gasteiger partial charge in [0.05, 0.1) is 3.57 Å². The van der Waals surface area contributed by atoms with E-state index in [4.69, 9.17) is 10.5 Å². The first-order valence-electron chi connectivity index (χ1n) is 5.08. The van der Waals surface area contributed by atoms with Crippen molar-refractivity contribution >= 4 is 28.3 Å². The van der Waals surface area contributed by atoms with Crippen molar-refractivity contribution in [2.75, 3.05) is 5.73 Å². The van der Waals surface area contributed by atoms with Crippen LogP contribution in [0.4, 0.5) is 5.69 Å². The molecule has 0 radical (unpaired) electrons. The number of hydrogen-bond donors (Lipinski definition) is 1. The molecule has 0 saturated carbocycles. The maximum atomic E-state index is 5.83. The highest BCUT2D eigenvalue weighted by molar-refractivity contribution is 14.1. The lowest BCUT2D eigenvalue weighted by atomic mass is 10.1. The molecule has 4 nitrogen and oxygen atoms in total. The van der Waals surface area contributed by atoms with Crippen molar-refractivity contribution in [2.45, 2.75) is 13.8 Å². The van der Waals surface area contributed by atoms with E-state index in [2.05, 4.69) is 32.6 Å². The summed E-state index contributed by atoms with van der Waals surface area (Å²) in [4.78, 5) is 8.02. The molecule has 0 atom stereocenters. The van der Waals surface area contributed by atoms with E-state index in [1.807, 2.05) is 26.0 Å². The first-order chi connectivity index (χ1) is 8.08. The maximum Gasteiger partial charge on any atom is 0.235 e. The molecule has 17 heavy (non-hydrogen) atoms. The minimum atomic E-state index is 0.563. The quantitative estimate of drug-likeness (QED) is 0.674. The van der Waals surface area contributed by atoms with E-state index in [-0.39, 0.29) is 0 Å². The summed E-state index contributed by atoms with van der Waals surface area (Å²) in [5, 5.41) is 0. The van der Waals surface area contributed by atoms with Crippen molar-refractivity contribution < 1.29 is 4.74 Å². The van der Waals surface area contributed by atoms with Crippen molar-refractivity contribution in [1.29, 1.82) is 0 Å². The van der Waals surface area contributed by atoms with Crippen molar-refractivity contribution in [2.24, 2.45) is 0 Å². The number of hydrogen-bond acceptors (Lipinski definition) is 4. The van der Waals surface area contributed by atoms with Gasteiger partial charge >= 0.3 is 0 Å². The van der Waals surface area contributed by atoms with E-state index in [0.717, 1.165) is 26.1 Å². The summed E-state index contributed by atoms with van der Waals surface area (Å²) in [6, 6.07) is 3.82. The SMILES string of the molecule is Cc1cc(Oc2ncncc2I)c(C)cc1N. The lowest BCUT2D eigenvalue weighted by molar-refractivity contribution is 0.454. The summed E-state index contributed by atoms with van der Waals surface area (Å²) in [6.45, 7) is 3.91. The molecule has 0 bridgehead atoms. The number of benzene rings is 1. The average Bonchev–Trinajstić information content (AvgIpc) is 2.29. The summed E-state index contributed by atoms with van der Waals surface area (Å²) in [5.41, 5.74) is 8.58. The highest BCUT2D eigenvalue weighted by Crippen LogP contribution is 2.29. The Balaban J connectivity index is 2.37. The predicted octanol–water partition coefficient (Wildman–Crippen LogP) is 3.07. The molecule has 0 unspecified atom stereocenters. The minimum absolute atomic E-state index is 0.563. The monoisotopic (exact) mass is 341 g/mol. The molecule has 1 heterocycles. The van der Waals surface area contributed by atoms with Gasteiger partial charge in [-0.25, -0.2) is 9.97 Å². The molecule has 2 aromatic rings. The Labute approximate surface area is 113 Å². The summed E-state index contributed by atoms with van der Waals surface area (Å²) < 4.78 is 6.64. The Morgan fingerprint density at radius 2 is 2.00 bits per heavy atom. The van der Waals surface area contributed by atoms with E-state index in [0.29, 0.717) is 5.88 Å². The van der Waals surface area contributed by atoms with Crippen molar-refractivity contribution in [1.82, 2.24) is 9.97 Å². The van der Waals surface area contributed by atoms with Crippen molar-refractivity contribution in [3.63, 3.8) is 0 Å². The Morgan fingerprint density at radius 1 is 1.24 bits per heavy atom. The molecule has 2 N–H and O–H groups in total. The molecule has 0 saturated heterocycles. The third kappa shape index (κ3) is 2.66. The number of nitrogens with zero attached hydrogens (tertiary/aromatic N) is 2.